The van der Waals surface area contributed by atoms with Crippen LogP contribution in [0.15, 0.2) is 18.2 Å². The highest BCUT2D eigenvalue weighted by molar-refractivity contribution is 5.91. The molecule has 0 atom stereocenters. The number of carbonyl (C=O) groups excluding carboxylic acids is 1. The molecule has 0 aromatic heterocycles. The summed E-state index contributed by atoms with van der Waals surface area (Å²) in [4.78, 5) is 11.9. The average Bonchev–Trinajstić information content (AvgIpc) is 2.38. The molecule has 0 unspecified atom stereocenters. The largest absolute Gasteiger partial charge is 0.491 e. The number of amides is 2. The Hall–Kier alpha value is -1.79. The van der Waals surface area contributed by atoms with Gasteiger partial charge in [0.25, 0.3) is 0 Å². The van der Waals surface area contributed by atoms with Crippen LogP contribution in [0.1, 0.15) is 32.8 Å². The molecule has 0 fully saturated rings. The van der Waals surface area contributed by atoms with Gasteiger partial charge in [-0.1, -0.05) is 6.07 Å². The first-order valence-corrected chi connectivity index (χ1v) is 7.01. The van der Waals surface area contributed by atoms with Crippen LogP contribution in [0.4, 0.5) is 10.5 Å². The lowest BCUT2D eigenvalue weighted by molar-refractivity contribution is 0.243. The molecule has 6 heteroatoms. The number of aliphatic hydroxyl groups is 1. The lowest BCUT2D eigenvalue weighted by Crippen LogP contribution is -2.43. The Bertz CT molecular complexity index is 470. The van der Waals surface area contributed by atoms with E-state index in [2.05, 4.69) is 10.6 Å². The van der Waals surface area contributed by atoms with Gasteiger partial charge in [0, 0.05) is 5.54 Å². The molecule has 0 heterocycles. The van der Waals surface area contributed by atoms with Crippen molar-refractivity contribution >= 4 is 11.7 Å². The van der Waals surface area contributed by atoms with Crippen LogP contribution in [0.5, 0.6) is 5.75 Å². The van der Waals surface area contributed by atoms with Crippen molar-refractivity contribution < 1.29 is 14.6 Å². The Morgan fingerprint density at radius 1 is 1.38 bits per heavy atom. The van der Waals surface area contributed by atoms with Crippen molar-refractivity contribution in [3.8, 4) is 5.75 Å². The minimum Gasteiger partial charge on any atom is -0.491 e. The molecule has 118 valence electrons. The number of nitrogens with two attached hydrogens (primary N) is 1. The van der Waals surface area contributed by atoms with Crippen LogP contribution in [-0.4, -0.2) is 29.8 Å². The number of nitrogens with one attached hydrogen (secondary N) is 2. The van der Waals surface area contributed by atoms with Crippen molar-refractivity contribution in [3.05, 3.63) is 23.8 Å². The molecule has 0 radical (unpaired) electrons. The van der Waals surface area contributed by atoms with E-state index in [-0.39, 0.29) is 18.2 Å². The molecule has 0 spiro atoms. The second-order valence-corrected chi connectivity index (χ2v) is 5.81. The van der Waals surface area contributed by atoms with Crippen molar-refractivity contribution in [2.24, 2.45) is 5.73 Å². The number of anilines is 1. The zero-order chi connectivity index (χ0) is 15.9. The molecule has 6 nitrogen and oxygen atoms in total. The molecule has 0 aliphatic carbocycles. The van der Waals surface area contributed by atoms with Gasteiger partial charge in [-0.15, -0.1) is 0 Å². The fraction of sp³-hybridized carbons (Fsp3) is 0.533. The van der Waals surface area contributed by atoms with Crippen molar-refractivity contribution in [3.63, 3.8) is 0 Å². The zero-order valence-electron chi connectivity index (χ0n) is 12.9. The Kier molecular flexibility index (Phi) is 6.45. The van der Waals surface area contributed by atoms with E-state index in [1.54, 1.807) is 18.2 Å². The molecular weight excluding hydrogens is 270 g/mol. The number of benzene rings is 1. The first-order valence-electron chi connectivity index (χ1n) is 7.01. The Morgan fingerprint density at radius 3 is 2.67 bits per heavy atom. The monoisotopic (exact) mass is 295 g/mol. The van der Waals surface area contributed by atoms with Gasteiger partial charge in [0.05, 0.1) is 18.9 Å². The highest BCUT2D eigenvalue weighted by Gasteiger charge is 2.15. The molecule has 0 saturated heterocycles. The van der Waals surface area contributed by atoms with Crippen molar-refractivity contribution in [1.82, 2.24) is 5.32 Å². The number of rotatable bonds is 6. The van der Waals surface area contributed by atoms with E-state index >= 15 is 0 Å². The molecule has 0 bridgehead atoms. The van der Waals surface area contributed by atoms with E-state index in [0.29, 0.717) is 30.2 Å². The topological polar surface area (TPSA) is 96.6 Å². The van der Waals surface area contributed by atoms with E-state index in [0.717, 1.165) is 6.42 Å². The molecule has 0 aliphatic heterocycles. The van der Waals surface area contributed by atoms with E-state index in [1.165, 1.54) is 0 Å². The van der Waals surface area contributed by atoms with Crippen LogP contribution in [-0.2, 0) is 6.61 Å². The Labute approximate surface area is 125 Å². The van der Waals surface area contributed by atoms with E-state index < -0.39 is 0 Å². The van der Waals surface area contributed by atoms with Crippen LogP contribution < -0.4 is 21.1 Å². The minimum absolute atomic E-state index is 0.0986. The first-order chi connectivity index (χ1) is 9.85. The molecule has 21 heavy (non-hydrogen) atoms. The Morgan fingerprint density at radius 2 is 2.10 bits per heavy atom. The maximum atomic E-state index is 11.9. The summed E-state index contributed by atoms with van der Waals surface area (Å²) in [6.07, 6.45) is 0.732. The standard InChI is InChI=1S/C15H25N3O3/c1-15(2,3)18-14(20)17-12-9-11(10-19)5-6-13(12)21-8-4-7-16/h5-6,9,19H,4,7-8,10,16H2,1-3H3,(H2,17,18,20). The summed E-state index contributed by atoms with van der Waals surface area (Å²) < 4.78 is 5.60. The number of hydrogen-bond donors (Lipinski definition) is 4. The zero-order valence-corrected chi connectivity index (χ0v) is 12.9. The first kappa shape index (κ1) is 17.3. The van der Waals surface area contributed by atoms with Gasteiger partial charge in [0.15, 0.2) is 0 Å². The van der Waals surface area contributed by atoms with Gasteiger partial charge in [0.1, 0.15) is 5.75 Å². The van der Waals surface area contributed by atoms with Crippen LogP contribution >= 0.6 is 0 Å². The lowest BCUT2D eigenvalue weighted by Gasteiger charge is -2.21. The minimum atomic E-state index is -0.334. The summed E-state index contributed by atoms with van der Waals surface area (Å²) in [6, 6.07) is 4.86. The quantitative estimate of drug-likeness (QED) is 0.602. The maximum absolute atomic E-state index is 11.9. The predicted octanol–water partition coefficient (Wildman–Crippen LogP) is 1.83. The summed E-state index contributed by atoms with van der Waals surface area (Å²) in [5.74, 6) is 0.560. The summed E-state index contributed by atoms with van der Waals surface area (Å²) in [7, 11) is 0. The molecule has 0 aliphatic rings. The molecule has 2 amide bonds. The van der Waals surface area contributed by atoms with Crippen molar-refractivity contribution in [1.29, 1.82) is 0 Å². The van der Waals surface area contributed by atoms with Crippen LogP contribution in [0.25, 0.3) is 0 Å². The third-order valence-electron chi connectivity index (χ3n) is 2.57. The van der Waals surface area contributed by atoms with E-state index in [1.807, 2.05) is 20.8 Å². The lowest BCUT2D eigenvalue weighted by atomic mass is 10.1. The van der Waals surface area contributed by atoms with Crippen LogP contribution in [0, 0.1) is 0 Å². The third-order valence-corrected chi connectivity index (χ3v) is 2.57. The number of urea groups is 1. The number of ether oxygens (including phenoxy) is 1. The smallest absolute Gasteiger partial charge is 0.319 e. The van der Waals surface area contributed by atoms with Crippen LogP contribution in [0.3, 0.4) is 0 Å². The van der Waals surface area contributed by atoms with Gasteiger partial charge in [-0.05, 0) is 51.4 Å². The number of carbonyl (C=O) groups is 1. The molecule has 5 N–H and O–H groups in total. The average molecular weight is 295 g/mol. The van der Waals surface area contributed by atoms with E-state index in [4.69, 9.17) is 10.5 Å². The molecule has 0 saturated carbocycles. The summed E-state index contributed by atoms with van der Waals surface area (Å²) in [6.45, 7) is 6.62. The van der Waals surface area contributed by atoms with Gasteiger partial charge in [-0.2, -0.15) is 0 Å². The molecule has 1 rings (SSSR count). The maximum Gasteiger partial charge on any atom is 0.319 e. The second kappa shape index (κ2) is 7.85. The van der Waals surface area contributed by atoms with Gasteiger partial charge in [-0.3, -0.25) is 0 Å². The van der Waals surface area contributed by atoms with Crippen molar-refractivity contribution in [2.75, 3.05) is 18.5 Å². The summed E-state index contributed by atoms with van der Waals surface area (Å²) >= 11 is 0. The molecule has 1 aromatic rings. The van der Waals surface area contributed by atoms with Gasteiger partial charge >= 0.3 is 6.03 Å². The Balaban J connectivity index is 2.83. The number of hydrogen-bond acceptors (Lipinski definition) is 4. The molecular formula is C15H25N3O3. The van der Waals surface area contributed by atoms with Gasteiger partial charge < -0.3 is 26.2 Å². The normalized spacial score (nSPS) is 11.1. The highest BCUT2D eigenvalue weighted by Crippen LogP contribution is 2.26. The SMILES string of the molecule is CC(C)(C)NC(=O)Nc1cc(CO)ccc1OCCCN. The molecule has 1 aromatic carbocycles. The van der Waals surface area contributed by atoms with Crippen LogP contribution in [0.2, 0.25) is 0 Å². The van der Waals surface area contributed by atoms with E-state index in [9.17, 15) is 9.90 Å². The van der Waals surface area contributed by atoms with Crippen molar-refractivity contribution in [2.45, 2.75) is 39.3 Å². The predicted molar refractivity (Wildman–Crippen MR) is 83.4 cm³/mol. The summed E-state index contributed by atoms with van der Waals surface area (Å²) in [5, 5.41) is 14.8. The fourth-order valence-corrected chi connectivity index (χ4v) is 1.66. The highest BCUT2D eigenvalue weighted by atomic mass is 16.5. The number of aliphatic hydroxyl groups excluding tert-OH is 1. The van der Waals surface area contributed by atoms with Gasteiger partial charge in [0.2, 0.25) is 0 Å². The summed E-state index contributed by atoms with van der Waals surface area (Å²) in [5.41, 5.74) is 6.33. The third kappa shape index (κ3) is 6.46. The fourth-order valence-electron chi connectivity index (χ4n) is 1.66. The van der Waals surface area contributed by atoms with Gasteiger partial charge in [-0.25, -0.2) is 4.79 Å². The second-order valence-electron chi connectivity index (χ2n) is 5.81.